The van der Waals surface area contributed by atoms with Gasteiger partial charge in [0.25, 0.3) is 0 Å². The van der Waals surface area contributed by atoms with Crippen LogP contribution in [0.15, 0.2) is 0 Å². The van der Waals surface area contributed by atoms with Crippen molar-refractivity contribution in [1.29, 1.82) is 0 Å². The van der Waals surface area contributed by atoms with Crippen molar-refractivity contribution in [3.05, 3.63) is 0 Å². The molecule has 0 aromatic carbocycles. The van der Waals surface area contributed by atoms with Crippen molar-refractivity contribution in [2.24, 2.45) is 17.8 Å². The Hall–Kier alpha value is -0.940. The van der Waals surface area contributed by atoms with Crippen molar-refractivity contribution >= 4 is 6.09 Å². The molecule has 6 heteroatoms. The minimum Gasteiger partial charge on any atom is -0.446 e. The number of carbonyl (C=O) groups is 1. The normalized spacial score (nSPS) is 14.8. The minimum atomic E-state index is -4.42. The van der Waals surface area contributed by atoms with E-state index >= 15 is 0 Å². The summed E-state index contributed by atoms with van der Waals surface area (Å²) in [5.41, 5.74) is 0. The van der Waals surface area contributed by atoms with Crippen molar-refractivity contribution in [3.8, 4) is 0 Å². The second-order valence-corrected chi connectivity index (χ2v) is 7.63. The quantitative estimate of drug-likeness (QED) is 0.500. The fourth-order valence-electron chi connectivity index (χ4n) is 2.61. The van der Waals surface area contributed by atoms with Gasteiger partial charge in [0.2, 0.25) is 0 Å². The first-order valence-corrected chi connectivity index (χ1v) is 9.00. The number of rotatable bonds is 11. The van der Waals surface area contributed by atoms with Crippen LogP contribution < -0.4 is 5.32 Å². The summed E-state index contributed by atoms with van der Waals surface area (Å²) in [5, 5.41) is 1.77. The highest BCUT2D eigenvalue weighted by Gasteiger charge is 2.28. The summed E-state index contributed by atoms with van der Waals surface area (Å²) in [6, 6.07) is 0. The van der Waals surface area contributed by atoms with E-state index in [1.807, 2.05) is 13.8 Å². The molecule has 0 bridgehead atoms. The Morgan fingerprint density at radius 1 is 0.958 bits per heavy atom. The molecule has 24 heavy (non-hydrogen) atoms. The molecule has 2 unspecified atom stereocenters. The summed E-state index contributed by atoms with van der Waals surface area (Å²) in [6.07, 6.45) is 0.0676. The predicted molar refractivity (Wildman–Crippen MR) is 90.9 cm³/mol. The standard InChI is InChI=1S/C18H34F3NO2/c1-13(2)7-6-8-15(5)9-10-16(11-14(3)4)24-17(23)22-12-18(19,20)21/h13-16H,6-12H2,1-5H3,(H,22,23). The maximum absolute atomic E-state index is 12.1. The third-order valence-electron chi connectivity index (χ3n) is 3.90. The van der Waals surface area contributed by atoms with Gasteiger partial charge in [-0.05, 0) is 37.0 Å². The first-order valence-electron chi connectivity index (χ1n) is 9.00. The van der Waals surface area contributed by atoms with E-state index in [0.29, 0.717) is 30.6 Å². The van der Waals surface area contributed by atoms with Gasteiger partial charge in [0, 0.05) is 0 Å². The number of nitrogens with one attached hydrogen (secondary N) is 1. The number of hydrogen-bond donors (Lipinski definition) is 1. The molecule has 0 aromatic rings. The van der Waals surface area contributed by atoms with Gasteiger partial charge < -0.3 is 10.1 Å². The van der Waals surface area contributed by atoms with Crippen LogP contribution in [0.4, 0.5) is 18.0 Å². The van der Waals surface area contributed by atoms with Crippen LogP contribution in [0.3, 0.4) is 0 Å². The molecule has 1 amide bonds. The largest absolute Gasteiger partial charge is 0.446 e. The number of ether oxygens (including phenoxy) is 1. The number of carbonyl (C=O) groups excluding carboxylic acids is 1. The summed E-state index contributed by atoms with van der Waals surface area (Å²) >= 11 is 0. The Morgan fingerprint density at radius 3 is 2.08 bits per heavy atom. The summed E-state index contributed by atoms with van der Waals surface area (Å²) in [7, 11) is 0. The highest BCUT2D eigenvalue weighted by atomic mass is 19.4. The lowest BCUT2D eigenvalue weighted by molar-refractivity contribution is -0.124. The van der Waals surface area contributed by atoms with Gasteiger partial charge in [0.15, 0.2) is 0 Å². The SMILES string of the molecule is CC(C)CCCC(C)CCC(CC(C)C)OC(=O)NCC(F)(F)F. The van der Waals surface area contributed by atoms with Crippen LogP contribution in [0.5, 0.6) is 0 Å². The Bertz CT molecular complexity index is 344. The molecule has 0 aliphatic carbocycles. The molecular weight excluding hydrogens is 319 g/mol. The fourth-order valence-corrected chi connectivity index (χ4v) is 2.61. The molecule has 0 fully saturated rings. The Balaban J connectivity index is 4.23. The molecule has 0 aliphatic heterocycles. The number of alkyl carbamates (subject to hydrolysis) is 1. The van der Waals surface area contributed by atoms with Gasteiger partial charge >= 0.3 is 12.3 Å². The van der Waals surface area contributed by atoms with E-state index < -0.39 is 18.8 Å². The summed E-state index contributed by atoms with van der Waals surface area (Å²) in [4.78, 5) is 11.5. The Labute approximate surface area is 144 Å². The first-order chi connectivity index (χ1) is 11.0. The molecule has 0 saturated carbocycles. The highest BCUT2D eigenvalue weighted by Crippen LogP contribution is 2.21. The van der Waals surface area contributed by atoms with E-state index in [1.54, 1.807) is 5.32 Å². The second-order valence-electron chi connectivity index (χ2n) is 7.63. The van der Waals surface area contributed by atoms with Crippen LogP contribution in [-0.4, -0.2) is 24.9 Å². The maximum Gasteiger partial charge on any atom is 0.407 e. The van der Waals surface area contributed by atoms with E-state index in [1.165, 1.54) is 12.8 Å². The van der Waals surface area contributed by atoms with Crippen molar-refractivity contribution < 1.29 is 22.7 Å². The molecule has 0 radical (unpaired) electrons. The topological polar surface area (TPSA) is 38.3 Å². The third-order valence-corrected chi connectivity index (χ3v) is 3.90. The Kier molecular flexibility index (Phi) is 11.1. The predicted octanol–water partition coefficient (Wildman–Crippen LogP) is 5.93. The molecule has 0 saturated heterocycles. The molecule has 2 atom stereocenters. The van der Waals surface area contributed by atoms with E-state index in [0.717, 1.165) is 12.8 Å². The first kappa shape index (κ1) is 23.1. The van der Waals surface area contributed by atoms with Gasteiger partial charge in [0.05, 0.1) is 0 Å². The fraction of sp³-hybridized carbons (Fsp3) is 0.944. The minimum absolute atomic E-state index is 0.321. The lowest BCUT2D eigenvalue weighted by Gasteiger charge is -2.22. The van der Waals surface area contributed by atoms with Gasteiger partial charge in [0.1, 0.15) is 12.6 Å². The van der Waals surface area contributed by atoms with Crippen molar-refractivity contribution in [2.45, 2.75) is 85.4 Å². The number of hydrogen-bond acceptors (Lipinski definition) is 2. The van der Waals surface area contributed by atoms with Crippen LogP contribution in [0.25, 0.3) is 0 Å². The van der Waals surface area contributed by atoms with Gasteiger partial charge in [-0.1, -0.05) is 53.9 Å². The molecule has 3 nitrogen and oxygen atoms in total. The van der Waals surface area contributed by atoms with Crippen LogP contribution in [0, 0.1) is 17.8 Å². The molecule has 0 spiro atoms. The number of halogens is 3. The zero-order valence-electron chi connectivity index (χ0n) is 15.7. The molecule has 1 N–H and O–H groups in total. The molecule has 0 rings (SSSR count). The van der Waals surface area contributed by atoms with Crippen LogP contribution in [-0.2, 0) is 4.74 Å². The van der Waals surface area contributed by atoms with Crippen molar-refractivity contribution in [3.63, 3.8) is 0 Å². The molecule has 0 heterocycles. The van der Waals surface area contributed by atoms with Crippen LogP contribution in [0.1, 0.15) is 73.1 Å². The highest BCUT2D eigenvalue weighted by molar-refractivity contribution is 5.67. The average Bonchev–Trinajstić information content (AvgIpc) is 2.41. The smallest absolute Gasteiger partial charge is 0.407 e. The van der Waals surface area contributed by atoms with Crippen molar-refractivity contribution in [1.82, 2.24) is 5.32 Å². The van der Waals surface area contributed by atoms with Crippen molar-refractivity contribution in [2.75, 3.05) is 6.54 Å². The summed E-state index contributed by atoms with van der Waals surface area (Å²) in [6.45, 7) is 9.25. The van der Waals surface area contributed by atoms with E-state index in [-0.39, 0.29) is 6.10 Å². The van der Waals surface area contributed by atoms with Crippen LogP contribution in [0.2, 0.25) is 0 Å². The number of amides is 1. The van der Waals surface area contributed by atoms with Crippen LogP contribution >= 0.6 is 0 Å². The van der Waals surface area contributed by atoms with Gasteiger partial charge in [-0.15, -0.1) is 0 Å². The average molecular weight is 353 g/mol. The molecular formula is C18H34F3NO2. The lowest BCUT2D eigenvalue weighted by atomic mass is 9.93. The monoisotopic (exact) mass is 353 g/mol. The number of alkyl halides is 3. The Morgan fingerprint density at radius 2 is 1.58 bits per heavy atom. The zero-order chi connectivity index (χ0) is 18.8. The summed E-state index contributed by atoms with van der Waals surface area (Å²) in [5.74, 6) is 1.55. The molecule has 144 valence electrons. The second kappa shape index (κ2) is 11.6. The maximum atomic E-state index is 12.1. The molecule has 0 aromatic heterocycles. The van der Waals surface area contributed by atoms with E-state index in [4.69, 9.17) is 4.74 Å². The molecule has 0 aliphatic rings. The van der Waals surface area contributed by atoms with E-state index in [2.05, 4.69) is 20.8 Å². The van der Waals surface area contributed by atoms with Gasteiger partial charge in [-0.3, -0.25) is 0 Å². The van der Waals surface area contributed by atoms with Gasteiger partial charge in [-0.25, -0.2) is 4.79 Å². The lowest BCUT2D eigenvalue weighted by Crippen LogP contribution is -2.36. The third kappa shape index (κ3) is 14.6. The zero-order valence-corrected chi connectivity index (χ0v) is 15.7. The van der Waals surface area contributed by atoms with E-state index in [9.17, 15) is 18.0 Å². The van der Waals surface area contributed by atoms with Gasteiger partial charge in [-0.2, -0.15) is 13.2 Å². The summed E-state index contributed by atoms with van der Waals surface area (Å²) < 4.78 is 41.6.